The Balaban J connectivity index is 1.74. The molecule has 1 heterocycles. The average Bonchev–Trinajstić information content (AvgIpc) is 2.93. The first kappa shape index (κ1) is 14.4. The lowest BCUT2D eigenvalue weighted by molar-refractivity contribution is 0.237. The van der Waals surface area contributed by atoms with Gasteiger partial charge in [0.25, 0.3) is 0 Å². The fourth-order valence-electron chi connectivity index (χ4n) is 2.58. The van der Waals surface area contributed by atoms with E-state index < -0.39 is 0 Å². The Morgan fingerprint density at radius 2 is 1.89 bits per heavy atom. The van der Waals surface area contributed by atoms with Crippen molar-refractivity contribution in [3.05, 3.63) is 29.8 Å². The molecule has 106 valence electrons. The maximum atomic E-state index is 5.80. The van der Waals surface area contributed by atoms with Crippen molar-refractivity contribution in [2.24, 2.45) is 0 Å². The molecule has 1 atom stereocenters. The first-order valence-corrected chi connectivity index (χ1v) is 7.48. The Kier molecular flexibility index (Phi) is 5.67. The summed E-state index contributed by atoms with van der Waals surface area (Å²) in [5, 5.41) is 3.41. The van der Waals surface area contributed by atoms with E-state index >= 15 is 0 Å². The molecule has 1 aromatic carbocycles. The second kappa shape index (κ2) is 7.51. The summed E-state index contributed by atoms with van der Waals surface area (Å²) in [6, 6.07) is 8.86. The molecule has 0 amide bonds. The van der Waals surface area contributed by atoms with Gasteiger partial charge in [0.2, 0.25) is 0 Å². The van der Waals surface area contributed by atoms with Crippen molar-refractivity contribution >= 4 is 0 Å². The Hall–Kier alpha value is -1.06. The number of nitrogens with zero attached hydrogens (tertiary/aromatic N) is 1. The summed E-state index contributed by atoms with van der Waals surface area (Å²) in [5.74, 6) is 0.978. The quantitative estimate of drug-likeness (QED) is 0.818. The standard InChI is InChI=1S/C16H26N2O/c1-3-17-14(2)15-6-8-16(9-7-15)19-13-12-18-10-4-5-11-18/h6-9,14,17H,3-5,10-13H2,1-2H3. The van der Waals surface area contributed by atoms with Crippen molar-refractivity contribution in [3.8, 4) is 5.75 Å². The lowest BCUT2D eigenvalue weighted by atomic mass is 10.1. The molecule has 1 aliphatic heterocycles. The highest BCUT2D eigenvalue weighted by Gasteiger charge is 2.10. The first-order chi connectivity index (χ1) is 9.29. The number of hydrogen-bond acceptors (Lipinski definition) is 3. The average molecular weight is 262 g/mol. The van der Waals surface area contributed by atoms with Crippen LogP contribution in [0.25, 0.3) is 0 Å². The largest absolute Gasteiger partial charge is 0.492 e. The molecule has 1 aliphatic rings. The van der Waals surface area contributed by atoms with Crippen LogP contribution in [0.15, 0.2) is 24.3 Å². The molecule has 1 unspecified atom stereocenters. The topological polar surface area (TPSA) is 24.5 Å². The van der Waals surface area contributed by atoms with Gasteiger partial charge in [-0.1, -0.05) is 19.1 Å². The van der Waals surface area contributed by atoms with E-state index in [0.29, 0.717) is 6.04 Å². The van der Waals surface area contributed by atoms with Gasteiger partial charge in [0.15, 0.2) is 0 Å². The third-order valence-corrected chi connectivity index (χ3v) is 3.77. The van der Waals surface area contributed by atoms with E-state index in [0.717, 1.165) is 25.4 Å². The van der Waals surface area contributed by atoms with Crippen LogP contribution >= 0.6 is 0 Å². The normalized spacial score (nSPS) is 17.6. The Morgan fingerprint density at radius 3 is 2.53 bits per heavy atom. The van der Waals surface area contributed by atoms with Crippen molar-refractivity contribution in [3.63, 3.8) is 0 Å². The Bertz CT molecular complexity index is 358. The molecule has 3 nitrogen and oxygen atoms in total. The Morgan fingerprint density at radius 1 is 1.21 bits per heavy atom. The van der Waals surface area contributed by atoms with Gasteiger partial charge in [-0.3, -0.25) is 4.90 Å². The monoisotopic (exact) mass is 262 g/mol. The summed E-state index contributed by atoms with van der Waals surface area (Å²) in [7, 11) is 0. The zero-order valence-corrected chi connectivity index (χ0v) is 12.2. The van der Waals surface area contributed by atoms with E-state index in [4.69, 9.17) is 4.74 Å². The number of nitrogens with one attached hydrogen (secondary N) is 1. The highest BCUT2D eigenvalue weighted by molar-refractivity contribution is 5.28. The molecule has 19 heavy (non-hydrogen) atoms. The predicted octanol–water partition coefficient (Wildman–Crippen LogP) is 2.83. The van der Waals surface area contributed by atoms with Crippen molar-refractivity contribution in [1.82, 2.24) is 10.2 Å². The summed E-state index contributed by atoms with van der Waals surface area (Å²) in [5.41, 5.74) is 1.31. The van der Waals surface area contributed by atoms with Gasteiger partial charge in [-0.05, 0) is 57.1 Å². The van der Waals surface area contributed by atoms with Gasteiger partial charge in [0.1, 0.15) is 12.4 Å². The minimum atomic E-state index is 0.406. The third kappa shape index (κ3) is 4.51. The zero-order valence-electron chi connectivity index (χ0n) is 12.2. The van der Waals surface area contributed by atoms with Crippen LogP contribution in [0.5, 0.6) is 5.75 Å². The summed E-state index contributed by atoms with van der Waals surface area (Å²) < 4.78 is 5.80. The minimum Gasteiger partial charge on any atom is -0.492 e. The number of rotatable bonds is 7. The zero-order chi connectivity index (χ0) is 13.5. The highest BCUT2D eigenvalue weighted by atomic mass is 16.5. The van der Waals surface area contributed by atoms with E-state index in [-0.39, 0.29) is 0 Å². The summed E-state index contributed by atoms with van der Waals surface area (Å²) >= 11 is 0. The molecule has 1 fully saturated rings. The van der Waals surface area contributed by atoms with Crippen LogP contribution in [-0.4, -0.2) is 37.7 Å². The highest BCUT2D eigenvalue weighted by Crippen LogP contribution is 2.17. The van der Waals surface area contributed by atoms with Crippen LogP contribution in [0.2, 0.25) is 0 Å². The smallest absolute Gasteiger partial charge is 0.119 e. The SMILES string of the molecule is CCNC(C)c1ccc(OCCN2CCCC2)cc1. The number of hydrogen-bond donors (Lipinski definition) is 1. The van der Waals surface area contributed by atoms with Crippen LogP contribution in [0.3, 0.4) is 0 Å². The molecule has 0 saturated carbocycles. The Labute approximate surface area is 116 Å². The number of likely N-dealkylation sites (tertiary alicyclic amines) is 1. The summed E-state index contributed by atoms with van der Waals surface area (Å²) in [6.07, 6.45) is 2.69. The van der Waals surface area contributed by atoms with Crippen molar-refractivity contribution in [1.29, 1.82) is 0 Å². The van der Waals surface area contributed by atoms with E-state index in [1.54, 1.807) is 0 Å². The van der Waals surface area contributed by atoms with Crippen LogP contribution in [0.4, 0.5) is 0 Å². The fraction of sp³-hybridized carbons (Fsp3) is 0.625. The fourth-order valence-corrected chi connectivity index (χ4v) is 2.58. The lowest BCUT2D eigenvalue weighted by Gasteiger charge is -2.16. The van der Waals surface area contributed by atoms with Gasteiger partial charge in [-0.15, -0.1) is 0 Å². The second-order valence-corrected chi connectivity index (χ2v) is 5.25. The van der Waals surface area contributed by atoms with Gasteiger partial charge in [-0.2, -0.15) is 0 Å². The first-order valence-electron chi connectivity index (χ1n) is 7.48. The van der Waals surface area contributed by atoms with Crippen molar-refractivity contribution in [2.75, 3.05) is 32.8 Å². The van der Waals surface area contributed by atoms with Crippen LogP contribution in [-0.2, 0) is 0 Å². The van der Waals surface area contributed by atoms with Crippen molar-refractivity contribution in [2.45, 2.75) is 32.7 Å². The van der Waals surface area contributed by atoms with Crippen LogP contribution in [0.1, 0.15) is 38.3 Å². The molecule has 0 aromatic heterocycles. The van der Waals surface area contributed by atoms with Crippen LogP contribution in [0, 0.1) is 0 Å². The van der Waals surface area contributed by atoms with Gasteiger partial charge < -0.3 is 10.1 Å². The van der Waals surface area contributed by atoms with E-state index in [2.05, 4.69) is 48.3 Å². The molecule has 3 heteroatoms. The second-order valence-electron chi connectivity index (χ2n) is 5.25. The number of ether oxygens (including phenoxy) is 1. The van der Waals surface area contributed by atoms with Gasteiger partial charge in [0.05, 0.1) is 0 Å². The molecular weight excluding hydrogens is 236 g/mol. The van der Waals surface area contributed by atoms with E-state index in [1.807, 2.05) is 0 Å². The molecule has 0 aliphatic carbocycles. The van der Waals surface area contributed by atoms with Crippen LogP contribution < -0.4 is 10.1 Å². The maximum Gasteiger partial charge on any atom is 0.119 e. The van der Waals surface area contributed by atoms with E-state index in [9.17, 15) is 0 Å². The van der Waals surface area contributed by atoms with Gasteiger partial charge >= 0.3 is 0 Å². The third-order valence-electron chi connectivity index (χ3n) is 3.77. The lowest BCUT2D eigenvalue weighted by Crippen LogP contribution is -2.25. The maximum absolute atomic E-state index is 5.80. The summed E-state index contributed by atoms with van der Waals surface area (Å²) in [6.45, 7) is 9.64. The minimum absolute atomic E-state index is 0.406. The summed E-state index contributed by atoms with van der Waals surface area (Å²) in [4.78, 5) is 2.47. The molecule has 0 spiro atoms. The molecule has 0 radical (unpaired) electrons. The molecule has 1 aromatic rings. The molecule has 1 N–H and O–H groups in total. The number of benzene rings is 1. The van der Waals surface area contributed by atoms with Gasteiger partial charge in [0, 0.05) is 12.6 Å². The molecule has 2 rings (SSSR count). The molecule has 1 saturated heterocycles. The van der Waals surface area contributed by atoms with E-state index in [1.165, 1.54) is 31.5 Å². The van der Waals surface area contributed by atoms with Gasteiger partial charge in [-0.25, -0.2) is 0 Å². The van der Waals surface area contributed by atoms with Crippen molar-refractivity contribution < 1.29 is 4.74 Å². The predicted molar refractivity (Wildman–Crippen MR) is 79.7 cm³/mol. The molecular formula is C16H26N2O. The molecule has 0 bridgehead atoms.